The van der Waals surface area contributed by atoms with Crippen molar-refractivity contribution in [2.24, 2.45) is 11.7 Å². The Morgan fingerprint density at radius 3 is 2.93 bits per heavy atom. The molecule has 2 N–H and O–H groups in total. The van der Waals surface area contributed by atoms with Gasteiger partial charge < -0.3 is 5.73 Å². The summed E-state index contributed by atoms with van der Waals surface area (Å²) in [7, 11) is 0. The standard InChI is InChI=1S/C10H15N5/c1-7(2)6-8(11)9-13-14-10-12-4-3-5-15(9)10/h3-5,7-8H,6,11H2,1-2H3/t8-/m0/s1. The third-order valence-corrected chi connectivity index (χ3v) is 2.27. The lowest BCUT2D eigenvalue weighted by Gasteiger charge is -2.11. The fraction of sp³-hybridized carbons (Fsp3) is 0.500. The van der Waals surface area contributed by atoms with Crippen molar-refractivity contribution < 1.29 is 0 Å². The summed E-state index contributed by atoms with van der Waals surface area (Å²) in [5.41, 5.74) is 6.06. The van der Waals surface area contributed by atoms with E-state index in [9.17, 15) is 0 Å². The first kappa shape index (κ1) is 10.0. The Labute approximate surface area is 88.3 Å². The van der Waals surface area contributed by atoms with Gasteiger partial charge in [0, 0.05) is 12.4 Å². The topological polar surface area (TPSA) is 69.1 Å². The second-order valence-corrected chi connectivity index (χ2v) is 4.08. The number of hydrogen-bond donors (Lipinski definition) is 1. The molecule has 0 radical (unpaired) electrons. The zero-order chi connectivity index (χ0) is 10.8. The number of hydrogen-bond acceptors (Lipinski definition) is 4. The van der Waals surface area contributed by atoms with Crippen LogP contribution < -0.4 is 5.73 Å². The van der Waals surface area contributed by atoms with Crippen LogP contribution in [-0.4, -0.2) is 19.6 Å². The van der Waals surface area contributed by atoms with Gasteiger partial charge in [-0.3, -0.25) is 4.40 Å². The van der Waals surface area contributed by atoms with E-state index < -0.39 is 0 Å². The van der Waals surface area contributed by atoms with E-state index in [1.165, 1.54) is 0 Å². The minimum atomic E-state index is -0.0794. The lowest BCUT2D eigenvalue weighted by atomic mass is 10.0. The maximum Gasteiger partial charge on any atom is 0.254 e. The van der Waals surface area contributed by atoms with Crippen LogP contribution in [0.15, 0.2) is 18.5 Å². The minimum Gasteiger partial charge on any atom is -0.321 e. The molecular formula is C10H15N5. The Morgan fingerprint density at radius 1 is 1.40 bits per heavy atom. The predicted molar refractivity (Wildman–Crippen MR) is 57.2 cm³/mol. The number of fused-ring (bicyclic) bond motifs is 1. The minimum absolute atomic E-state index is 0.0794. The highest BCUT2D eigenvalue weighted by Gasteiger charge is 2.15. The van der Waals surface area contributed by atoms with Crippen LogP contribution in [0.25, 0.3) is 5.78 Å². The maximum atomic E-state index is 6.06. The lowest BCUT2D eigenvalue weighted by molar-refractivity contribution is 0.490. The van der Waals surface area contributed by atoms with Crippen molar-refractivity contribution in [3.05, 3.63) is 24.3 Å². The molecule has 80 valence electrons. The van der Waals surface area contributed by atoms with E-state index in [0.717, 1.165) is 12.2 Å². The molecule has 0 saturated carbocycles. The molecule has 0 aromatic carbocycles. The molecule has 0 saturated heterocycles. The zero-order valence-electron chi connectivity index (χ0n) is 8.96. The molecule has 0 fully saturated rings. The van der Waals surface area contributed by atoms with Crippen molar-refractivity contribution in [2.75, 3.05) is 0 Å². The van der Waals surface area contributed by atoms with Crippen LogP contribution in [0.5, 0.6) is 0 Å². The highest BCUT2D eigenvalue weighted by Crippen LogP contribution is 2.16. The molecule has 2 rings (SSSR count). The molecule has 0 amide bonds. The van der Waals surface area contributed by atoms with Gasteiger partial charge in [0.25, 0.3) is 5.78 Å². The largest absolute Gasteiger partial charge is 0.321 e. The Kier molecular flexibility index (Phi) is 2.64. The normalized spacial score (nSPS) is 13.6. The van der Waals surface area contributed by atoms with E-state index in [-0.39, 0.29) is 6.04 Å². The van der Waals surface area contributed by atoms with Crippen molar-refractivity contribution in [1.29, 1.82) is 0 Å². The average Bonchev–Trinajstić information content (AvgIpc) is 2.59. The van der Waals surface area contributed by atoms with Gasteiger partial charge in [-0.15, -0.1) is 10.2 Å². The van der Waals surface area contributed by atoms with Gasteiger partial charge in [-0.05, 0) is 18.4 Å². The Balaban J connectivity index is 2.35. The monoisotopic (exact) mass is 205 g/mol. The van der Waals surface area contributed by atoms with E-state index >= 15 is 0 Å². The number of rotatable bonds is 3. The van der Waals surface area contributed by atoms with Gasteiger partial charge >= 0.3 is 0 Å². The van der Waals surface area contributed by atoms with Crippen molar-refractivity contribution >= 4 is 5.78 Å². The molecule has 15 heavy (non-hydrogen) atoms. The first-order valence-electron chi connectivity index (χ1n) is 5.09. The van der Waals surface area contributed by atoms with Crippen LogP contribution in [0.2, 0.25) is 0 Å². The molecule has 0 aliphatic heterocycles. The Hall–Kier alpha value is -1.49. The Bertz CT molecular complexity index is 448. The molecule has 0 bridgehead atoms. The summed E-state index contributed by atoms with van der Waals surface area (Å²) in [4.78, 5) is 4.10. The molecular weight excluding hydrogens is 190 g/mol. The third kappa shape index (κ3) is 1.97. The molecule has 0 spiro atoms. The van der Waals surface area contributed by atoms with Gasteiger partial charge in [-0.25, -0.2) is 4.98 Å². The highest BCUT2D eigenvalue weighted by atomic mass is 15.3. The van der Waals surface area contributed by atoms with Crippen LogP contribution in [0, 0.1) is 5.92 Å². The fourth-order valence-electron chi connectivity index (χ4n) is 1.63. The zero-order valence-corrected chi connectivity index (χ0v) is 8.96. The second kappa shape index (κ2) is 3.94. The molecule has 0 aliphatic carbocycles. The molecule has 0 aliphatic rings. The summed E-state index contributed by atoms with van der Waals surface area (Å²) in [6.07, 6.45) is 4.48. The maximum absolute atomic E-state index is 6.06. The first-order valence-corrected chi connectivity index (χ1v) is 5.09. The third-order valence-electron chi connectivity index (χ3n) is 2.27. The number of aromatic nitrogens is 4. The van der Waals surface area contributed by atoms with Crippen molar-refractivity contribution in [1.82, 2.24) is 19.6 Å². The summed E-state index contributed by atoms with van der Waals surface area (Å²) in [6, 6.07) is 1.77. The van der Waals surface area contributed by atoms with Gasteiger partial charge in [0.2, 0.25) is 0 Å². The first-order chi connectivity index (χ1) is 7.18. The number of nitrogens with two attached hydrogens (primary N) is 1. The summed E-state index contributed by atoms with van der Waals surface area (Å²) >= 11 is 0. The van der Waals surface area contributed by atoms with Gasteiger partial charge in [0.05, 0.1) is 6.04 Å². The summed E-state index contributed by atoms with van der Waals surface area (Å²) in [5.74, 6) is 1.93. The van der Waals surface area contributed by atoms with Crippen molar-refractivity contribution in [3.8, 4) is 0 Å². The van der Waals surface area contributed by atoms with Crippen LogP contribution >= 0.6 is 0 Å². The number of nitrogens with zero attached hydrogens (tertiary/aromatic N) is 4. The van der Waals surface area contributed by atoms with Gasteiger partial charge in [0.15, 0.2) is 5.82 Å². The summed E-state index contributed by atoms with van der Waals surface area (Å²) < 4.78 is 1.84. The van der Waals surface area contributed by atoms with Crippen molar-refractivity contribution in [3.63, 3.8) is 0 Å². The molecule has 5 nitrogen and oxygen atoms in total. The predicted octanol–water partition coefficient (Wildman–Crippen LogP) is 1.17. The van der Waals surface area contributed by atoms with Crippen LogP contribution in [-0.2, 0) is 0 Å². The summed E-state index contributed by atoms with van der Waals surface area (Å²) in [5, 5.41) is 8.04. The van der Waals surface area contributed by atoms with Gasteiger partial charge in [-0.2, -0.15) is 0 Å². The highest BCUT2D eigenvalue weighted by molar-refractivity contribution is 5.26. The molecule has 2 aromatic heterocycles. The lowest BCUT2D eigenvalue weighted by Crippen LogP contribution is -2.16. The Morgan fingerprint density at radius 2 is 2.20 bits per heavy atom. The quantitative estimate of drug-likeness (QED) is 0.816. The molecule has 0 unspecified atom stereocenters. The molecule has 2 heterocycles. The van der Waals surface area contributed by atoms with Crippen LogP contribution in [0.3, 0.4) is 0 Å². The van der Waals surface area contributed by atoms with E-state index in [2.05, 4.69) is 29.0 Å². The second-order valence-electron chi connectivity index (χ2n) is 4.08. The SMILES string of the molecule is CC(C)C[C@H](N)c1nnc2ncccn12. The van der Waals surface area contributed by atoms with E-state index in [4.69, 9.17) is 5.73 Å². The van der Waals surface area contributed by atoms with Gasteiger partial charge in [0.1, 0.15) is 0 Å². The fourth-order valence-corrected chi connectivity index (χ4v) is 1.63. The summed E-state index contributed by atoms with van der Waals surface area (Å²) in [6.45, 7) is 4.28. The average molecular weight is 205 g/mol. The van der Waals surface area contributed by atoms with Crippen LogP contribution in [0.4, 0.5) is 0 Å². The molecule has 1 atom stereocenters. The van der Waals surface area contributed by atoms with Crippen molar-refractivity contribution in [2.45, 2.75) is 26.3 Å². The van der Waals surface area contributed by atoms with Gasteiger partial charge in [-0.1, -0.05) is 13.8 Å². The molecule has 2 aromatic rings. The van der Waals surface area contributed by atoms with Crippen LogP contribution in [0.1, 0.15) is 32.1 Å². The van der Waals surface area contributed by atoms with E-state index in [1.807, 2.05) is 16.7 Å². The van der Waals surface area contributed by atoms with E-state index in [1.54, 1.807) is 6.20 Å². The molecule has 5 heteroatoms. The van der Waals surface area contributed by atoms with E-state index in [0.29, 0.717) is 11.7 Å². The smallest absolute Gasteiger partial charge is 0.254 e.